The molecule has 1 aromatic carbocycles. The first-order valence-electron chi connectivity index (χ1n) is 14.5. The Balaban J connectivity index is 1.74. The van der Waals surface area contributed by atoms with Crippen LogP contribution in [0.25, 0.3) is 0 Å². The van der Waals surface area contributed by atoms with Gasteiger partial charge in [0.2, 0.25) is 5.91 Å². The monoisotopic (exact) mass is 552 g/mol. The van der Waals surface area contributed by atoms with Crippen molar-refractivity contribution in [2.24, 2.45) is 17.8 Å². The maximum Gasteiger partial charge on any atom is 0.312 e. The number of allylic oxidation sites excluding steroid dienone is 1. The Kier molecular flexibility index (Phi) is 9.20. The van der Waals surface area contributed by atoms with E-state index in [1.54, 1.807) is 11.0 Å². The van der Waals surface area contributed by atoms with Crippen molar-refractivity contribution in [3.63, 3.8) is 0 Å². The van der Waals surface area contributed by atoms with Gasteiger partial charge in [0.05, 0.1) is 37.2 Å². The summed E-state index contributed by atoms with van der Waals surface area (Å²) in [6, 6.07) is 4.32. The van der Waals surface area contributed by atoms with E-state index < -0.39 is 41.6 Å². The highest BCUT2D eigenvalue weighted by Gasteiger charge is 2.75. The van der Waals surface area contributed by atoms with Gasteiger partial charge in [0.1, 0.15) is 11.6 Å². The Bertz CT molecular complexity index is 1150. The second-order valence-electron chi connectivity index (χ2n) is 11.8. The van der Waals surface area contributed by atoms with Crippen molar-refractivity contribution >= 4 is 23.5 Å². The number of hydrogen-bond acceptors (Lipinski definition) is 6. The van der Waals surface area contributed by atoms with E-state index in [2.05, 4.69) is 13.2 Å². The van der Waals surface area contributed by atoms with Crippen molar-refractivity contribution < 1.29 is 29.0 Å². The molecule has 1 spiro atoms. The van der Waals surface area contributed by atoms with Crippen molar-refractivity contribution in [1.82, 2.24) is 4.90 Å². The number of amides is 2. The van der Waals surface area contributed by atoms with Gasteiger partial charge >= 0.3 is 5.97 Å². The van der Waals surface area contributed by atoms with Gasteiger partial charge in [0, 0.05) is 12.2 Å². The summed E-state index contributed by atoms with van der Waals surface area (Å²) in [5.74, 6) is -2.79. The summed E-state index contributed by atoms with van der Waals surface area (Å²) in [7, 11) is 0. The summed E-state index contributed by atoms with van der Waals surface area (Å²) >= 11 is 0. The van der Waals surface area contributed by atoms with Gasteiger partial charge in [-0.15, -0.1) is 13.2 Å². The molecule has 218 valence electrons. The van der Waals surface area contributed by atoms with Gasteiger partial charge in [-0.2, -0.15) is 0 Å². The number of aliphatic hydroxyl groups is 1. The number of benzene rings is 1. The van der Waals surface area contributed by atoms with Crippen molar-refractivity contribution in [3.8, 4) is 0 Å². The Labute approximate surface area is 238 Å². The summed E-state index contributed by atoms with van der Waals surface area (Å²) in [4.78, 5) is 45.5. The third-order valence-electron chi connectivity index (χ3n) is 8.84. The summed E-state index contributed by atoms with van der Waals surface area (Å²) in [6.45, 7) is 15.6. The van der Waals surface area contributed by atoms with Crippen LogP contribution >= 0.6 is 0 Å². The third kappa shape index (κ3) is 5.12. The molecule has 3 fully saturated rings. The van der Waals surface area contributed by atoms with Crippen LogP contribution in [0.1, 0.15) is 57.1 Å². The van der Waals surface area contributed by atoms with E-state index in [1.807, 2.05) is 52.0 Å². The minimum Gasteiger partial charge on any atom is -0.465 e. The molecule has 0 aromatic heterocycles. The fourth-order valence-corrected chi connectivity index (χ4v) is 6.87. The number of likely N-dealkylation sites (tertiary alicyclic amines) is 1. The standard InChI is InChI=1S/C32H44N2O6/c1-7-9-10-11-17-39-31(38)26-25-14-15-32(40-25)27(26)29(36)34(24(19-35)20(3)4)28(32)30(37)33(16-8-2)23-18-21(5)12-13-22(23)6/h7-8,12-13,18,20,24-28,35H,1-2,9-11,14-17,19H2,3-6H3/t24-,25-,26+,27-,28?,32?/m0/s1. The normalized spacial score (nSPS) is 27.6. The molecule has 8 heteroatoms. The summed E-state index contributed by atoms with van der Waals surface area (Å²) in [5, 5.41) is 10.4. The number of unbranched alkanes of at least 4 members (excludes halogenated alkanes) is 2. The van der Waals surface area contributed by atoms with E-state index in [-0.39, 0.29) is 37.5 Å². The van der Waals surface area contributed by atoms with Gasteiger partial charge in [0.25, 0.3) is 5.91 Å². The maximum absolute atomic E-state index is 14.7. The lowest BCUT2D eigenvalue weighted by atomic mass is 9.70. The minimum atomic E-state index is -1.16. The topological polar surface area (TPSA) is 96.4 Å². The van der Waals surface area contributed by atoms with Crippen LogP contribution in [0.15, 0.2) is 43.5 Å². The molecule has 1 aromatic rings. The van der Waals surface area contributed by atoms with Gasteiger partial charge in [-0.3, -0.25) is 14.4 Å². The van der Waals surface area contributed by atoms with Gasteiger partial charge in [0.15, 0.2) is 0 Å². The highest BCUT2D eigenvalue weighted by molar-refractivity contribution is 6.05. The molecule has 0 saturated carbocycles. The Hall–Kier alpha value is -2.97. The molecule has 3 heterocycles. The van der Waals surface area contributed by atoms with Crippen LogP contribution in [0, 0.1) is 31.6 Å². The van der Waals surface area contributed by atoms with Crippen LogP contribution in [0.5, 0.6) is 0 Å². The largest absolute Gasteiger partial charge is 0.465 e. The molecular weight excluding hydrogens is 508 g/mol. The lowest BCUT2D eigenvalue weighted by Crippen LogP contribution is -2.60. The van der Waals surface area contributed by atoms with Crippen LogP contribution in [0.3, 0.4) is 0 Å². The number of hydrogen-bond donors (Lipinski definition) is 1. The molecule has 2 amide bonds. The molecule has 0 radical (unpaired) electrons. The third-order valence-corrected chi connectivity index (χ3v) is 8.84. The zero-order chi connectivity index (χ0) is 29.2. The van der Waals surface area contributed by atoms with E-state index in [9.17, 15) is 19.5 Å². The van der Waals surface area contributed by atoms with Gasteiger partial charge in [-0.1, -0.05) is 38.1 Å². The SMILES string of the molecule is C=CCCCCOC(=O)[C@@H]1[C@@H]2CCC3(O2)C(C(=O)N(CC=C)c2cc(C)ccc2C)N([C@@H](CO)C(C)C)C(=O)[C@H]13. The van der Waals surface area contributed by atoms with Crippen molar-refractivity contribution in [2.75, 3.05) is 24.7 Å². The maximum atomic E-state index is 14.7. The zero-order valence-corrected chi connectivity index (χ0v) is 24.3. The number of nitrogens with zero attached hydrogens (tertiary/aromatic N) is 2. The highest BCUT2D eigenvalue weighted by atomic mass is 16.6. The highest BCUT2D eigenvalue weighted by Crippen LogP contribution is 2.59. The summed E-state index contributed by atoms with van der Waals surface area (Å²) in [5.41, 5.74) is 1.50. The molecule has 3 aliphatic heterocycles. The second-order valence-corrected chi connectivity index (χ2v) is 11.8. The van der Waals surface area contributed by atoms with Crippen LogP contribution in [0.2, 0.25) is 0 Å². The molecule has 8 nitrogen and oxygen atoms in total. The molecule has 2 bridgehead atoms. The smallest absolute Gasteiger partial charge is 0.312 e. The lowest BCUT2D eigenvalue weighted by molar-refractivity contribution is -0.156. The number of rotatable bonds is 13. The molecule has 40 heavy (non-hydrogen) atoms. The predicted octanol–water partition coefficient (Wildman–Crippen LogP) is 4.11. The summed E-state index contributed by atoms with van der Waals surface area (Å²) < 4.78 is 12.2. The number of aliphatic hydroxyl groups excluding tert-OH is 1. The minimum absolute atomic E-state index is 0.125. The van der Waals surface area contributed by atoms with Gasteiger partial charge < -0.3 is 24.4 Å². The second kappa shape index (κ2) is 12.3. The molecule has 3 aliphatic rings. The average Bonchev–Trinajstić information content (AvgIpc) is 3.56. The zero-order valence-electron chi connectivity index (χ0n) is 24.3. The van der Waals surface area contributed by atoms with E-state index in [0.29, 0.717) is 19.3 Å². The average molecular weight is 553 g/mol. The Morgan fingerprint density at radius 2 is 2.00 bits per heavy atom. The van der Waals surface area contributed by atoms with Gasteiger partial charge in [-0.25, -0.2) is 0 Å². The van der Waals surface area contributed by atoms with Crippen molar-refractivity contribution in [1.29, 1.82) is 0 Å². The number of anilines is 1. The Morgan fingerprint density at radius 3 is 2.65 bits per heavy atom. The van der Waals surface area contributed by atoms with E-state index in [1.165, 1.54) is 4.90 Å². The van der Waals surface area contributed by atoms with E-state index in [4.69, 9.17) is 9.47 Å². The molecule has 3 saturated heterocycles. The lowest BCUT2D eigenvalue weighted by Gasteiger charge is -2.40. The van der Waals surface area contributed by atoms with Crippen LogP contribution < -0.4 is 4.90 Å². The first-order valence-corrected chi connectivity index (χ1v) is 14.5. The summed E-state index contributed by atoms with van der Waals surface area (Å²) in [6.07, 6.45) is 6.48. The fourth-order valence-electron chi connectivity index (χ4n) is 6.87. The number of carbonyl (C=O) groups is 3. The number of esters is 1. The number of carbonyl (C=O) groups excluding carboxylic acids is 3. The van der Waals surface area contributed by atoms with Crippen molar-refractivity contribution in [2.45, 2.75) is 83.6 Å². The first kappa shape index (κ1) is 30.0. The van der Waals surface area contributed by atoms with E-state index >= 15 is 0 Å². The van der Waals surface area contributed by atoms with Crippen molar-refractivity contribution in [3.05, 3.63) is 54.6 Å². The predicted molar refractivity (Wildman–Crippen MR) is 154 cm³/mol. The molecule has 0 aliphatic carbocycles. The quantitative estimate of drug-likeness (QED) is 0.225. The molecule has 4 rings (SSSR count). The number of fused-ring (bicyclic) bond motifs is 1. The van der Waals surface area contributed by atoms with E-state index in [0.717, 1.165) is 29.7 Å². The van der Waals surface area contributed by atoms with Crippen LogP contribution in [-0.2, 0) is 23.9 Å². The molecular formula is C32H44N2O6. The van der Waals surface area contributed by atoms with Crippen LogP contribution in [-0.4, -0.2) is 71.3 Å². The molecule has 2 unspecified atom stereocenters. The fraction of sp³-hybridized carbons (Fsp3) is 0.594. The first-order chi connectivity index (χ1) is 19.1. The number of aryl methyl sites for hydroxylation is 2. The van der Waals surface area contributed by atoms with Crippen LogP contribution in [0.4, 0.5) is 5.69 Å². The molecule has 1 N–H and O–H groups in total. The number of ether oxygens (including phenoxy) is 2. The molecule has 6 atom stereocenters. The Morgan fingerprint density at radius 1 is 1.25 bits per heavy atom. The van der Waals surface area contributed by atoms with Gasteiger partial charge in [-0.05, 0) is 69.1 Å².